The summed E-state index contributed by atoms with van der Waals surface area (Å²) in [4.78, 5) is 18.7. The number of benzene rings is 2. The van der Waals surface area contributed by atoms with Gasteiger partial charge in [-0.25, -0.2) is 4.98 Å². The number of nitrogens with one attached hydrogen (secondary N) is 1. The maximum Gasteiger partial charge on any atom is 0.212 e. The summed E-state index contributed by atoms with van der Waals surface area (Å²) in [6, 6.07) is 18.9. The maximum atomic E-state index is 10.9. The molecule has 4 aromatic rings. The Hall–Kier alpha value is -3.12. The fourth-order valence-corrected chi connectivity index (χ4v) is 4.05. The summed E-state index contributed by atoms with van der Waals surface area (Å²) in [6.45, 7) is 2.67. The van der Waals surface area contributed by atoms with Crippen LogP contribution in [0.25, 0.3) is 10.9 Å². The smallest absolute Gasteiger partial charge is 0.212 e. The molecule has 2 aromatic carbocycles. The van der Waals surface area contributed by atoms with E-state index in [0.717, 1.165) is 15.7 Å². The molecule has 0 aliphatic heterocycles. The topological polar surface area (TPSA) is 50.2 Å². The normalized spacial score (nSPS) is 10.9. The molecule has 136 valence electrons. The van der Waals surface area contributed by atoms with E-state index in [-0.39, 0.29) is 0 Å². The van der Waals surface area contributed by atoms with Crippen LogP contribution in [0.15, 0.2) is 60.8 Å². The van der Waals surface area contributed by atoms with E-state index in [1.165, 1.54) is 16.5 Å². The van der Waals surface area contributed by atoms with Crippen LogP contribution in [-0.4, -0.2) is 16.0 Å². The zero-order valence-electron chi connectivity index (χ0n) is 15.2. The predicted molar refractivity (Wildman–Crippen MR) is 112 cm³/mol. The quantitative estimate of drug-likeness (QED) is 0.490. The maximum absolute atomic E-state index is 10.9. The number of fused-ring (bicyclic) bond motifs is 1. The third-order valence-electron chi connectivity index (χ3n) is 4.58. The van der Waals surface area contributed by atoms with Crippen LogP contribution in [-0.2, 0) is 18.4 Å². The number of anilines is 3. The first-order valence-corrected chi connectivity index (χ1v) is 9.51. The number of carbonyl (C=O) groups excluding carboxylic acids is 1. The van der Waals surface area contributed by atoms with E-state index in [0.29, 0.717) is 18.8 Å². The summed E-state index contributed by atoms with van der Waals surface area (Å²) in [6.07, 6.45) is 2.74. The Bertz CT molecular complexity index is 1080. The first-order chi connectivity index (χ1) is 13.2. The van der Waals surface area contributed by atoms with E-state index in [1.807, 2.05) is 32.2 Å². The fraction of sp³-hybridized carbons (Fsp3) is 0.143. The molecule has 4 rings (SSSR count). The molecule has 0 unspecified atom stereocenters. The van der Waals surface area contributed by atoms with Crippen LogP contribution in [0.5, 0.6) is 0 Å². The Kier molecular flexibility index (Phi) is 4.64. The third-order valence-corrected chi connectivity index (χ3v) is 5.57. The minimum absolute atomic E-state index is 0.615. The van der Waals surface area contributed by atoms with E-state index in [9.17, 15) is 4.79 Å². The zero-order chi connectivity index (χ0) is 18.8. The number of aryl methyl sites for hydroxylation is 2. The Morgan fingerprint density at radius 1 is 1.19 bits per heavy atom. The fourth-order valence-electron chi connectivity index (χ4n) is 3.16. The van der Waals surface area contributed by atoms with Gasteiger partial charge in [0.05, 0.1) is 6.54 Å². The standard InChI is InChI=1S/C21H20N4OS/c1-15-20(22-14-26)23-21(27-15)25(13-16-6-4-3-5-7-16)18-8-9-19-17(12-18)10-11-24(19)2/h3-12,14H,13H2,1-2H3,(H,22,26). The molecule has 27 heavy (non-hydrogen) atoms. The van der Waals surface area contributed by atoms with Gasteiger partial charge >= 0.3 is 0 Å². The minimum atomic E-state index is 0.615. The van der Waals surface area contributed by atoms with Gasteiger partial charge < -0.3 is 14.8 Å². The van der Waals surface area contributed by atoms with E-state index in [4.69, 9.17) is 0 Å². The highest BCUT2D eigenvalue weighted by Crippen LogP contribution is 2.36. The van der Waals surface area contributed by atoms with Crippen LogP contribution in [0, 0.1) is 6.92 Å². The van der Waals surface area contributed by atoms with Gasteiger partial charge in [0.1, 0.15) is 5.82 Å². The van der Waals surface area contributed by atoms with E-state index >= 15 is 0 Å². The lowest BCUT2D eigenvalue weighted by molar-refractivity contribution is -0.105. The Labute approximate surface area is 161 Å². The van der Waals surface area contributed by atoms with Crippen molar-refractivity contribution in [3.05, 3.63) is 71.2 Å². The van der Waals surface area contributed by atoms with Gasteiger partial charge in [0.2, 0.25) is 6.41 Å². The average Bonchev–Trinajstić information content (AvgIpc) is 3.23. The lowest BCUT2D eigenvalue weighted by Crippen LogP contribution is -2.16. The Morgan fingerprint density at radius 2 is 2.00 bits per heavy atom. The summed E-state index contributed by atoms with van der Waals surface area (Å²) in [5.41, 5.74) is 3.46. The average molecular weight is 376 g/mol. The van der Waals surface area contributed by atoms with Gasteiger partial charge in [-0.05, 0) is 36.8 Å². The van der Waals surface area contributed by atoms with Crippen molar-refractivity contribution in [3.8, 4) is 0 Å². The molecule has 2 aromatic heterocycles. The molecular weight excluding hydrogens is 356 g/mol. The van der Waals surface area contributed by atoms with E-state index in [1.54, 1.807) is 11.3 Å². The lowest BCUT2D eigenvalue weighted by Gasteiger charge is -2.22. The van der Waals surface area contributed by atoms with Crippen molar-refractivity contribution < 1.29 is 4.79 Å². The van der Waals surface area contributed by atoms with Crippen LogP contribution < -0.4 is 10.2 Å². The SMILES string of the molecule is Cc1sc(N(Cc2ccccc2)c2ccc3c(ccn3C)c2)nc1NC=O. The van der Waals surface area contributed by atoms with Gasteiger partial charge in [-0.3, -0.25) is 4.79 Å². The van der Waals surface area contributed by atoms with Crippen LogP contribution >= 0.6 is 11.3 Å². The second-order valence-electron chi connectivity index (χ2n) is 6.40. The van der Waals surface area contributed by atoms with Gasteiger partial charge in [-0.15, -0.1) is 0 Å². The van der Waals surface area contributed by atoms with Gasteiger partial charge in [-0.1, -0.05) is 41.7 Å². The summed E-state index contributed by atoms with van der Waals surface area (Å²) in [5, 5.41) is 4.73. The van der Waals surface area contributed by atoms with Crippen LogP contribution in [0.2, 0.25) is 0 Å². The molecule has 0 saturated heterocycles. The molecule has 0 aliphatic carbocycles. The minimum Gasteiger partial charge on any atom is -0.351 e. The Morgan fingerprint density at radius 3 is 2.78 bits per heavy atom. The first kappa shape index (κ1) is 17.3. The monoisotopic (exact) mass is 376 g/mol. The molecule has 0 atom stereocenters. The summed E-state index contributed by atoms with van der Waals surface area (Å²) in [7, 11) is 2.05. The molecule has 0 aliphatic rings. The molecular formula is C21H20N4OS. The first-order valence-electron chi connectivity index (χ1n) is 8.70. The van der Waals surface area contributed by atoms with Gasteiger partial charge in [0.25, 0.3) is 0 Å². The second-order valence-corrected chi connectivity index (χ2v) is 7.59. The Balaban J connectivity index is 1.79. The van der Waals surface area contributed by atoms with Crippen LogP contribution in [0.4, 0.5) is 16.6 Å². The number of nitrogens with zero attached hydrogens (tertiary/aromatic N) is 3. The van der Waals surface area contributed by atoms with Crippen molar-refractivity contribution in [3.63, 3.8) is 0 Å². The number of rotatable bonds is 6. The molecule has 1 amide bonds. The highest BCUT2D eigenvalue weighted by Gasteiger charge is 2.17. The van der Waals surface area contributed by atoms with Crippen molar-refractivity contribution in [1.29, 1.82) is 0 Å². The highest BCUT2D eigenvalue weighted by atomic mass is 32.1. The lowest BCUT2D eigenvalue weighted by atomic mass is 10.2. The van der Waals surface area contributed by atoms with E-state index < -0.39 is 0 Å². The molecule has 5 nitrogen and oxygen atoms in total. The zero-order valence-corrected chi connectivity index (χ0v) is 16.0. The molecule has 0 saturated carbocycles. The largest absolute Gasteiger partial charge is 0.351 e. The number of hydrogen-bond acceptors (Lipinski definition) is 4. The summed E-state index contributed by atoms with van der Waals surface area (Å²) < 4.78 is 2.11. The number of thiazole rings is 1. The summed E-state index contributed by atoms with van der Waals surface area (Å²) in [5.74, 6) is 0.615. The van der Waals surface area contributed by atoms with Crippen LogP contribution in [0.1, 0.15) is 10.4 Å². The summed E-state index contributed by atoms with van der Waals surface area (Å²) >= 11 is 1.58. The van der Waals surface area contributed by atoms with Crippen molar-refractivity contribution in [1.82, 2.24) is 9.55 Å². The van der Waals surface area contributed by atoms with E-state index in [2.05, 4.69) is 62.4 Å². The molecule has 0 bridgehead atoms. The van der Waals surface area contributed by atoms with Crippen molar-refractivity contribution in [2.45, 2.75) is 13.5 Å². The molecule has 0 fully saturated rings. The third kappa shape index (κ3) is 3.44. The molecule has 0 radical (unpaired) electrons. The number of carbonyl (C=O) groups is 1. The highest BCUT2D eigenvalue weighted by molar-refractivity contribution is 7.16. The number of hydrogen-bond donors (Lipinski definition) is 1. The van der Waals surface area contributed by atoms with Gasteiger partial charge in [0, 0.05) is 34.7 Å². The van der Waals surface area contributed by atoms with Gasteiger partial charge in [0.15, 0.2) is 5.13 Å². The number of amides is 1. The van der Waals surface area contributed by atoms with Crippen LogP contribution in [0.3, 0.4) is 0 Å². The van der Waals surface area contributed by atoms with Crippen molar-refractivity contribution in [2.24, 2.45) is 7.05 Å². The molecule has 1 N–H and O–H groups in total. The number of aromatic nitrogens is 2. The molecule has 2 heterocycles. The second kappa shape index (κ2) is 7.25. The molecule has 6 heteroatoms. The van der Waals surface area contributed by atoms with Gasteiger partial charge in [-0.2, -0.15) is 0 Å². The van der Waals surface area contributed by atoms with Crippen molar-refractivity contribution in [2.75, 3.05) is 10.2 Å². The predicted octanol–water partition coefficient (Wildman–Crippen LogP) is 4.85. The molecule has 0 spiro atoms. The van der Waals surface area contributed by atoms with Crippen molar-refractivity contribution >= 4 is 45.3 Å².